The molecule has 30 heavy (non-hydrogen) atoms. The molecule has 0 saturated carbocycles. The van der Waals surface area contributed by atoms with Gasteiger partial charge < -0.3 is 14.7 Å². The average Bonchev–Trinajstić information content (AvgIpc) is 3.33. The van der Waals surface area contributed by atoms with Gasteiger partial charge in [-0.15, -0.1) is 11.3 Å². The van der Waals surface area contributed by atoms with Crippen molar-refractivity contribution in [3.05, 3.63) is 56.8 Å². The van der Waals surface area contributed by atoms with Gasteiger partial charge in [-0.25, -0.2) is 0 Å². The highest BCUT2D eigenvalue weighted by Crippen LogP contribution is 2.25. The molecule has 2 aliphatic heterocycles. The fraction of sp³-hybridized carbons (Fsp3) is 0.429. The Hall–Kier alpha value is -2.94. The van der Waals surface area contributed by atoms with Crippen LogP contribution in [0.4, 0.5) is 11.4 Å². The second kappa shape index (κ2) is 8.83. The fourth-order valence-corrected chi connectivity index (χ4v) is 4.85. The second-order valence-electron chi connectivity index (χ2n) is 7.58. The van der Waals surface area contributed by atoms with Crippen LogP contribution >= 0.6 is 11.3 Å². The molecule has 1 unspecified atom stereocenters. The lowest BCUT2D eigenvalue weighted by atomic mass is 10.00. The Labute approximate surface area is 178 Å². The molecule has 2 aromatic rings. The first-order valence-electron chi connectivity index (χ1n) is 10.2. The number of thiophene rings is 1. The number of hydrogen-bond acceptors (Lipinski definition) is 6. The maximum atomic E-state index is 13.3. The van der Waals surface area contributed by atoms with Crippen molar-refractivity contribution in [2.75, 3.05) is 37.6 Å². The van der Waals surface area contributed by atoms with Crippen molar-refractivity contribution in [3.63, 3.8) is 0 Å². The number of nitro groups is 1. The summed E-state index contributed by atoms with van der Waals surface area (Å²) in [6.45, 7) is 2.91. The number of nitrogens with zero attached hydrogens (tertiary/aromatic N) is 4. The number of hydrogen-bond donors (Lipinski definition) is 0. The monoisotopic (exact) mass is 428 g/mol. The topological polar surface area (TPSA) is 87.0 Å². The zero-order chi connectivity index (χ0) is 21.1. The molecule has 1 aromatic carbocycles. The normalized spacial score (nSPS) is 19.6. The van der Waals surface area contributed by atoms with Gasteiger partial charge in [-0.1, -0.05) is 12.1 Å². The van der Waals surface area contributed by atoms with Crippen LogP contribution in [-0.2, 0) is 4.79 Å². The van der Waals surface area contributed by atoms with E-state index in [9.17, 15) is 19.7 Å². The third-order valence-corrected chi connectivity index (χ3v) is 6.64. The molecule has 1 atom stereocenters. The smallest absolute Gasteiger partial charge is 0.271 e. The second-order valence-corrected chi connectivity index (χ2v) is 8.52. The molecule has 2 amide bonds. The van der Waals surface area contributed by atoms with Crippen LogP contribution in [0.25, 0.3) is 0 Å². The number of carbonyl (C=O) groups is 2. The molecule has 158 valence electrons. The standard InChI is InChI=1S/C21H24N4O4S/c26-20(18-7-1-2-9-24(18)21(27)19-8-4-14-30-19)23-12-10-22(11-13-23)16-5-3-6-17(15-16)25(28)29/h3-6,8,14-15,18H,1-2,7,9-13H2. The molecule has 4 rings (SSSR count). The molecule has 9 heteroatoms. The van der Waals surface area contributed by atoms with E-state index in [0.29, 0.717) is 44.0 Å². The molecule has 0 radical (unpaired) electrons. The van der Waals surface area contributed by atoms with Gasteiger partial charge in [-0.2, -0.15) is 0 Å². The van der Waals surface area contributed by atoms with Crippen LogP contribution in [-0.4, -0.2) is 65.3 Å². The zero-order valence-corrected chi connectivity index (χ0v) is 17.4. The predicted molar refractivity (Wildman–Crippen MR) is 115 cm³/mol. The van der Waals surface area contributed by atoms with Crippen LogP contribution < -0.4 is 4.90 Å². The molecular formula is C21H24N4O4S. The Balaban J connectivity index is 1.41. The summed E-state index contributed by atoms with van der Waals surface area (Å²) in [5.41, 5.74) is 0.861. The third kappa shape index (κ3) is 4.16. The molecule has 8 nitrogen and oxygen atoms in total. The van der Waals surface area contributed by atoms with E-state index in [1.165, 1.54) is 17.4 Å². The van der Waals surface area contributed by atoms with Gasteiger partial charge in [0.25, 0.3) is 11.6 Å². The van der Waals surface area contributed by atoms with Gasteiger partial charge in [0.05, 0.1) is 9.80 Å². The highest BCUT2D eigenvalue weighted by atomic mass is 32.1. The van der Waals surface area contributed by atoms with Crippen molar-refractivity contribution in [1.29, 1.82) is 0 Å². The summed E-state index contributed by atoms with van der Waals surface area (Å²) in [6, 6.07) is 9.84. The number of non-ortho nitro benzene ring substituents is 1. The summed E-state index contributed by atoms with van der Waals surface area (Å²) in [4.78, 5) is 43.1. The first-order valence-corrected chi connectivity index (χ1v) is 11.1. The molecule has 0 bridgehead atoms. The van der Waals surface area contributed by atoms with Gasteiger partial charge in [-0.05, 0) is 36.8 Å². The van der Waals surface area contributed by atoms with Crippen molar-refractivity contribution < 1.29 is 14.5 Å². The number of nitro benzene ring substituents is 1. The lowest BCUT2D eigenvalue weighted by molar-refractivity contribution is -0.384. The van der Waals surface area contributed by atoms with Crippen LogP contribution in [0.2, 0.25) is 0 Å². The van der Waals surface area contributed by atoms with E-state index in [1.807, 2.05) is 22.4 Å². The fourth-order valence-electron chi connectivity index (χ4n) is 4.17. The van der Waals surface area contributed by atoms with Crippen molar-refractivity contribution >= 4 is 34.5 Å². The number of piperazine rings is 1. The minimum Gasteiger partial charge on any atom is -0.368 e. The summed E-state index contributed by atoms with van der Waals surface area (Å²) < 4.78 is 0. The van der Waals surface area contributed by atoms with Crippen molar-refractivity contribution in [2.24, 2.45) is 0 Å². The molecule has 2 aliphatic rings. The number of piperidine rings is 1. The van der Waals surface area contributed by atoms with E-state index in [4.69, 9.17) is 0 Å². The summed E-state index contributed by atoms with van der Waals surface area (Å²) in [5.74, 6) is -0.0448. The molecule has 2 saturated heterocycles. The number of anilines is 1. The van der Waals surface area contributed by atoms with Crippen LogP contribution in [0.3, 0.4) is 0 Å². The number of rotatable bonds is 4. The maximum Gasteiger partial charge on any atom is 0.271 e. The summed E-state index contributed by atoms with van der Waals surface area (Å²) in [7, 11) is 0. The number of carbonyl (C=O) groups excluding carboxylic acids is 2. The quantitative estimate of drug-likeness (QED) is 0.552. The minimum absolute atomic E-state index is 0.0123. The Morgan fingerprint density at radius 3 is 2.53 bits per heavy atom. The molecule has 1 aromatic heterocycles. The van der Waals surface area contributed by atoms with E-state index in [-0.39, 0.29) is 17.5 Å². The lowest BCUT2D eigenvalue weighted by Crippen LogP contribution is -2.57. The van der Waals surface area contributed by atoms with Crippen molar-refractivity contribution in [2.45, 2.75) is 25.3 Å². The number of likely N-dealkylation sites (tertiary alicyclic amines) is 1. The summed E-state index contributed by atoms with van der Waals surface area (Å²) in [5, 5.41) is 12.9. The van der Waals surface area contributed by atoms with Crippen LogP contribution in [0, 0.1) is 10.1 Å². The summed E-state index contributed by atoms with van der Waals surface area (Å²) >= 11 is 1.40. The number of amides is 2. The lowest BCUT2D eigenvalue weighted by Gasteiger charge is -2.41. The molecule has 3 heterocycles. The van der Waals surface area contributed by atoms with Gasteiger partial charge in [0.2, 0.25) is 5.91 Å². The Morgan fingerprint density at radius 2 is 1.83 bits per heavy atom. The molecule has 0 aliphatic carbocycles. The first kappa shape index (κ1) is 20.3. The van der Waals surface area contributed by atoms with Crippen LogP contribution in [0.1, 0.15) is 28.9 Å². The van der Waals surface area contributed by atoms with E-state index < -0.39 is 11.0 Å². The largest absolute Gasteiger partial charge is 0.368 e. The third-order valence-electron chi connectivity index (χ3n) is 5.78. The Kier molecular flexibility index (Phi) is 5.98. The number of benzene rings is 1. The van der Waals surface area contributed by atoms with Crippen LogP contribution in [0.5, 0.6) is 0 Å². The Morgan fingerprint density at radius 1 is 1.03 bits per heavy atom. The van der Waals surface area contributed by atoms with Gasteiger partial charge in [-0.3, -0.25) is 19.7 Å². The van der Waals surface area contributed by atoms with E-state index in [2.05, 4.69) is 4.90 Å². The SMILES string of the molecule is O=C(C1CCCCN1C(=O)c1cccs1)N1CCN(c2cccc([N+](=O)[O-])c2)CC1. The molecule has 2 fully saturated rings. The zero-order valence-electron chi connectivity index (χ0n) is 16.6. The molecule has 0 N–H and O–H groups in total. The van der Waals surface area contributed by atoms with Crippen LogP contribution in [0.15, 0.2) is 41.8 Å². The van der Waals surface area contributed by atoms with E-state index in [0.717, 1.165) is 18.5 Å². The maximum absolute atomic E-state index is 13.3. The first-order chi connectivity index (χ1) is 14.5. The van der Waals surface area contributed by atoms with Gasteiger partial charge >= 0.3 is 0 Å². The average molecular weight is 429 g/mol. The van der Waals surface area contributed by atoms with Crippen molar-refractivity contribution in [3.8, 4) is 0 Å². The van der Waals surface area contributed by atoms with Crippen molar-refractivity contribution in [1.82, 2.24) is 9.80 Å². The molecular weight excluding hydrogens is 404 g/mol. The highest BCUT2D eigenvalue weighted by molar-refractivity contribution is 7.12. The summed E-state index contributed by atoms with van der Waals surface area (Å²) in [6.07, 6.45) is 2.56. The predicted octanol–water partition coefficient (Wildman–Crippen LogP) is 3.00. The highest BCUT2D eigenvalue weighted by Gasteiger charge is 2.36. The van der Waals surface area contributed by atoms with E-state index in [1.54, 1.807) is 23.1 Å². The van der Waals surface area contributed by atoms with Gasteiger partial charge in [0.15, 0.2) is 0 Å². The molecule has 0 spiro atoms. The van der Waals surface area contributed by atoms with Gasteiger partial charge in [0, 0.05) is 50.5 Å². The Bertz CT molecular complexity index is 925. The minimum atomic E-state index is -0.405. The van der Waals surface area contributed by atoms with Gasteiger partial charge in [0.1, 0.15) is 6.04 Å². The van der Waals surface area contributed by atoms with E-state index >= 15 is 0 Å².